The Morgan fingerprint density at radius 1 is 1.21 bits per heavy atom. The number of sulfone groups is 1. The van der Waals surface area contributed by atoms with E-state index in [1.54, 1.807) is 31.3 Å². The Kier molecular flexibility index (Phi) is 5.78. The van der Waals surface area contributed by atoms with E-state index in [2.05, 4.69) is 15.7 Å². The van der Waals surface area contributed by atoms with Gasteiger partial charge in [0.25, 0.3) is 5.91 Å². The summed E-state index contributed by atoms with van der Waals surface area (Å²) in [6.07, 6.45) is 0.904. The van der Waals surface area contributed by atoms with Crippen molar-refractivity contribution in [3.8, 4) is 0 Å². The smallest absolute Gasteiger partial charge is 0.271 e. The zero-order valence-electron chi connectivity index (χ0n) is 15.5. The van der Waals surface area contributed by atoms with Gasteiger partial charge in [-0.2, -0.15) is 5.10 Å². The van der Waals surface area contributed by atoms with Crippen molar-refractivity contribution >= 4 is 39.0 Å². The van der Waals surface area contributed by atoms with Gasteiger partial charge in [0.1, 0.15) is 5.71 Å². The van der Waals surface area contributed by atoms with Gasteiger partial charge >= 0.3 is 0 Å². The minimum absolute atomic E-state index is 0.0287. The Morgan fingerprint density at radius 2 is 1.93 bits per heavy atom. The fourth-order valence-electron chi connectivity index (χ4n) is 3.17. The topological polar surface area (TPSA) is 125 Å². The molecule has 1 atom stereocenters. The first-order valence-corrected chi connectivity index (χ1v) is 10.8. The number of nitrogens with one attached hydrogen (secondary N) is 2. The van der Waals surface area contributed by atoms with Crippen LogP contribution < -0.4 is 10.6 Å². The van der Waals surface area contributed by atoms with Gasteiger partial charge in [0, 0.05) is 25.6 Å². The molecule has 0 radical (unpaired) electrons. The average molecular weight is 406 g/mol. The number of carbonyl (C=O) groups excluding carboxylic acids is 3. The highest BCUT2D eigenvalue weighted by atomic mass is 32.2. The summed E-state index contributed by atoms with van der Waals surface area (Å²) < 4.78 is 23.3. The Bertz CT molecular complexity index is 924. The third kappa shape index (κ3) is 4.75. The normalized spacial score (nSPS) is 21.2. The number of hydrogen-bond donors (Lipinski definition) is 2. The molecule has 1 aromatic rings. The van der Waals surface area contributed by atoms with E-state index in [1.807, 2.05) is 0 Å². The van der Waals surface area contributed by atoms with Crippen LogP contribution in [0.2, 0.25) is 0 Å². The van der Waals surface area contributed by atoms with Crippen molar-refractivity contribution < 1.29 is 22.8 Å². The second kappa shape index (κ2) is 8.09. The Morgan fingerprint density at radius 3 is 2.54 bits per heavy atom. The lowest BCUT2D eigenvalue weighted by molar-refractivity contribution is -0.133. The molecule has 0 spiro atoms. The third-order valence-corrected chi connectivity index (χ3v) is 6.48. The lowest BCUT2D eigenvalue weighted by atomic mass is 10.1. The SMILES string of the molecule is CNC(=O)Cc1ccc(NC(=O)C2=NN(C3CCS(=O)(=O)C3)C(=O)CC2)cc1. The Hall–Kier alpha value is -2.75. The summed E-state index contributed by atoms with van der Waals surface area (Å²) in [5, 5.41) is 10.6. The standard InChI is InChI=1S/C18H22N4O5S/c1-19-16(23)10-12-2-4-13(5-3-12)20-18(25)15-6-7-17(24)22(21-15)14-8-9-28(26,27)11-14/h2-5,14H,6-11H2,1H3,(H,19,23)(H,20,25). The van der Waals surface area contributed by atoms with E-state index in [4.69, 9.17) is 0 Å². The second-order valence-corrected chi connectivity index (χ2v) is 9.07. The first-order valence-electron chi connectivity index (χ1n) is 8.98. The maximum Gasteiger partial charge on any atom is 0.271 e. The highest BCUT2D eigenvalue weighted by molar-refractivity contribution is 7.91. The highest BCUT2D eigenvalue weighted by Gasteiger charge is 2.37. The van der Waals surface area contributed by atoms with Crippen molar-refractivity contribution in [2.24, 2.45) is 5.10 Å². The Labute approximate surface area is 163 Å². The first-order chi connectivity index (χ1) is 13.3. The zero-order valence-corrected chi connectivity index (χ0v) is 16.3. The molecule has 150 valence electrons. The number of benzene rings is 1. The van der Waals surface area contributed by atoms with Crippen LogP contribution >= 0.6 is 0 Å². The van der Waals surface area contributed by atoms with Gasteiger partial charge in [0.2, 0.25) is 11.8 Å². The van der Waals surface area contributed by atoms with Crippen LogP contribution in [0, 0.1) is 0 Å². The molecule has 28 heavy (non-hydrogen) atoms. The molecule has 3 rings (SSSR count). The van der Waals surface area contributed by atoms with E-state index in [1.165, 1.54) is 0 Å². The number of amides is 3. The molecule has 9 nitrogen and oxygen atoms in total. The quantitative estimate of drug-likeness (QED) is 0.716. The molecule has 0 bridgehead atoms. The average Bonchev–Trinajstić information content (AvgIpc) is 3.03. The summed E-state index contributed by atoms with van der Waals surface area (Å²) in [7, 11) is -1.60. The van der Waals surface area contributed by atoms with E-state index in [0.29, 0.717) is 12.1 Å². The minimum atomic E-state index is -3.16. The van der Waals surface area contributed by atoms with Crippen LogP contribution in [-0.2, 0) is 30.6 Å². The van der Waals surface area contributed by atoms with Gasteiger partial charge in [-0.3, -0.25) is 14.4 Å². The molecule has 0 saturated carbocycles. The predicted octanol–water partition coefficient (Wildman–Crippen LogP) is 0.0791. The fourth-order valence-corrected chi connectivity index (χ4v) is 4.86. The van der Waals surface area contributed by atoms with Crippen LogP contribution in [0.3, 0.4) is 0 Å². The van der Waals surface area contributed by atoms with Gasteiger partial charge in [-0.1, -0.05) is 12.1 Å². The number of hydrazone groups is 1. The molecule has 2 N–H and O–H groups in total. The van der Waals surface area contributed by atoms with Gasteiger partial charge in [-0.15, -0.1) is 0 Å². The summed E-state index contributed by atoms with van der Waals surface area (Å²) in [5.41, 5.74) is 1.55. The second-order valence-electron chi connectivity index (χ2n) is 6.84. The van der Waals surface area contributed by atoms with Crippen LogP contribution in [0.15, 0.2) is 29.4 Å². The van der Waals surface area contributed by atoms with Crippen molar-refractivity contribution in [2.45, 2.75) is 31.7 Å². The van der Waals surface area contributed by atoms with Crippen LogP contribution in [-0.4, -0.2) is 61.5 Å². The maximum atomic E-state index is 12.5. The van der Waals surface area contributed by atoms with Crippen molar-refractivity contribution in [2.75, 3.05) is 23.9 Å². The van der Waals surface area contributed by atoms with E-state index in [9.17, 15) is 22.8 Å². The number of rotatable bonds is 5. The number of carbonyl (C=O) groups is 3. The monoisotopic (exact) mass is 406 g/mol. The summed E-state index contributed by atoms with van der Waals surface area (Å²) >= 11 is 0. The lowest BCUT2D eigenvalue weighted by Crippen LogP contribution is -2.42. The largest absolute Gasteiger partial charge is 0.359 e. The molecule has 1 fully saturated rings. The van der Waals surface area contributed by atoms with E-state index in [-0.39, 0.29) is 48.3 Å². The van der Waals surface area contributed by atoms with Gasteiger partial charge in [0.05, 0.1) is 24.0 Å². The summed E-state index contributed by atoms with van der Waals surface area (Å²) in [4.78, 5) is 36.0. The predicted molar refractivity (Wildman–Crippen MR) is 103 cm³/mol. The maximum absolute atomic E-state index is 12.5. The molecular formula is C18H22N4O5S. The van der Waals surface area contributed by atoms with Crippen LogP contribution in [0.25, 0.3) is 0 Å². The molecule has 1 saturated heterocycles. The molecule has 2 heterocycles. The fraction of sp³-hybridized carbons (Fsp3) is 0.444. The molecule has 2 aliphatic rings. The molecule has 1 aromatic carbocycles. The number of likely N-dealkylation sites (N-methyl/N-ethyl adjacent to an activating group) is 1. The molecule has 1 unspecified atom stereocenters. The van der Waals surface area contributed by atoms with Crippen LogP contribution in [0.5, 0.6) is 0 Å². The lowest BCUT2D eigenvalue weighted by Gasteiger charge is -2.27. The molecule has 2 aliphatic heterocycles. The van der Waals surface area contributed by atoms with E-state index >= 15 is 0 Å². The number of anilines is 1. The highest BCUT2D eigenvalue weighted by Crippen LogP contribution is 2.22. The van der Waals surface area contributed by atoms with Gasteiger partial charge in [-0.05, 0) is 24.1 Å². The van der Waals surface area contributed by atoms with Crippen LogP contribution in [0.4, 0.5) is 5.69 Å². The third-order valence-electron chi connectivity index (χ3n) is 4.73. The summed E-state index contributed by atoms with van der Waals surface area (Å²) in [6, 6.07) is 6.35. The van der Waals surface area contributed by atoms with Crippen LogP contribution in [0.1, 0.15) is 24.8 Å². The van der Waals surface area contributed by atoms with E-state index < -0.39 is 21.8 Å². The summed E-state index contributed by atoms with van der Waals surface area (Å²) in [5.74, 6) is -0.896. The van der Waals surface area contributed by atoms with Gasteiger partial charge < -0.3 is 10.6 Å². The van der Waals surface area contributed by atoms with Gasteiger partial charge in [0.15, 0.2) is 9.84 Å². The first kappa shape index (κ1) is 20.0. The van der Waals surface area contributed by atoms with Crippen molar-refractivity contribution in [1.82, 2.24) is 10.3 Å². The zero-order chi connectivity index (χ0) is 20.3. The number of hydrogen-bond acceptors (Lipinski definition) is 6. The van der Waals surface area contributed by atoms with Crippen molar-refractivity contribution in [3.05, 3.63) is 29.8 Å². The number of nitrogens with zero attached hydrogens (tertiary/aromatic N) is 2. The molecule has 10 heteroatoms. The molecular weight excluding hydrogens is 384 g/mol. The molecule has 3 amide bonds. The van der Waals surface area contributed by atoms with Gasteiger partial charge in [-0.25, -0.2) is 13.4 Å². The Balaban J connectivity index is 1.67. The molecule has 0 aliphatic carbocycles. The van der Waals surface area contributed by atoms with Crippen molar-refractivity contribution in [1.29, 1.82) is 0 Å². The minimum Gasteiger partial charge on any atom is -0.359 e. The summed E-state index contributed by atoms with van der Waals surface area (Å²) in [6.45, 7) is 0. The van der Waals surface area contributed by atoms with E-state index in [0.717, 1.165) is 10.6 Å². The molecule has 0 aromatic heterocycles. The van der Waals surface area contributed by atoms with Crippen molar-refractivity contribution in [3.63, 3.8) is 0 Å².